The third-order valence-electron chi connectivity index (χ3n) is 4.44. The number of nitrogens with one attached hydrogen (secondary N) is 1. The lowest BCUT2D eigenvalue weighted by Gasteiger charge is -2.27. The molecule has 2 aromatic rings. The molecule has 0 spiro atoms. The predicted molar refractivity (Wildman–Crippen MR) is 90.6 cm³/mol. The molecule has 3 N–H and O–H groups in total. The fraction of sp³-hybridized carbons (Fsp3) is 0.316. The van der Waals surface area contributed by atoms with Crippen LogP contribution in [0.1, 0.15) is 45.9 Å². The van der Waals surface area contributed by atoms with Gasteiger partial charge in [0.1, 0.15) is 5.75 Å². The van der Waals surface area contributed by atoms with Crippen LogP contribution in [0.5, 0.6) is 5.75 Å². The molecule has 4 nitrogen and oxygen atoms in total. The molecule has 2 aromatic carbocycles. The van der Waals surface area contributed by atoms with E-state index in [1.54, 1.807) is 24.3 Å². The van der Waals surface area contributed by atoms with E-state index in [1.807, 2.05) is 18.2 Å². The Morgan fingerprint density at radius 1 is 1.24 bits per heavy atom. The van der Waals surface area contributed by atoms with Crippen LogP contribution in [0.2, 0.25) is 0 Å². The van der Waals surface area contributed by atoms with Gasteiger partial charge in [-0.1, -0.05) is 18.2 Å². The standard InChI is InChI=1S/C19H20F2N2O2/c20-19(21)25-15-8-9-16-14(10-15)2-1-3-17(16)23-11-12-4-6-13(7-5-12)18(22)24/h4-10,17,19,23H,1-3,11H2,(H2,22,24). The van der Waals surface area contributed by atoms with Gasteiger partial charge in [0.25, 0.3) is 0 Å². The zero-order valence-electron chi connectivity index (χ0n) is 13.7. The summed E-state index contributed by atoms with van der Waals surface area (Å²) in [5.74, 6) is -0.237. The number of hydrogen-bond donors (Lipinski definition) is 2. The SMILES string of the molecule is NC(=O)c1ccc(CNC2CCCc3cc(OC(F)F)ccc32)cc1. The maximum atomic E-state index is 12.4. The van der Waals surface area contributed by atoms with E-state index in [0.29, 0.717) is 12.1 Å². The number of amides is 1. The molecular weight excluding hydrogens is 326 g/mol. The number of benzene rings is 2. The molecule has 0 saturated carbocycles. The first-order valence-electron chi connectivity index (χ1n) is 8.22. The van der Waals surface area contributed by atoms with Crippen molar-refractivity contribution in [3.8, 4) is 5.75 Å². The summed E-state index contributed by atoms with van der Waals surface area (Å²) in [6, 6.07) is 12.5. The van der Waals surface area contributed by atoms with E-state index in [-0.39, 0.29) is 11.8 Å². The second-order valence-corrected chi connectivity index (χ2v) is 6.13. The van der Waals surface area contributed by atoms with Crippen LogP contribution in [-0.2, 0) is 13.0 Å². The topological polar surface area (TPSA) is 64.4 Å². The number of halogens is 2. The first kappa shape index (κ1) is 17.4. The van der Waals surface area contributed by atoms with Gasteiger partial charge in [0, 0.05) is 18.2 Å². The number of alkyl halides is 2. The Hall–Kier alpha value is -2.47. The highest BCUT2D eigenvalue weighted by atomic mass is 19.3. The van der Waals surface area contributed by atoms with Crippen molar-refractivity contribution in [2.75, 3.05) is 0 Å². The molecule has 0 aromatic heterocycles. The van der Waals surface area contributed by atoms with Crippen LogP contribution in [0.15, 0.2) is 42.5 Å². The van der Waals surface area contributed by atoms with E-state index in [2.05, 4.69) is 10.1 Å². The molecule has 1 aliphatic carbocycles. The number of ether oxygens (including phenoxy) is 1. The van der Waals surface area contributed by atoms with Gasteiger partial charge in [-0.3, -0.25) is 4.79 Å². The van der Waals surface area contributed by atoms with Gasteiger partial charge in [0.2, 0.25) is 5.91 Å². The lowest BCUT2D eigenvalue weighted by Crippen LogP contribution is -2.25. The summed E-state index contributed by atoms with van der Waals surface area (Å²) in [5, 5.41) is 3.50. The fourth-order valence-corrected chi connectivity index (χ4v) is 3.21. The largest absolute Gasteiger partial charge is 0.435 e. The average Bonchev–Trinajstić information content (AvgIpc) is 2.59. The Kier molecular flexibility index (Phi) is 5.28. The Bertz CT molecular complexity index is 748. The molecule has 1 aliphatic rings. The zero-order valence-corrected chi connectivity index (χ0v) is 13.7. The summed E-state index contributed by atoms with van der Waals surface area (Å²) in [5.41, 5.74) is 8.95. The lowest BCUT2D eigenvalue weighted by atomic mass is 9.87. The number of carbonyl (C=O) groups is 1. The van der Waals surface area contributed by atoms with Gasteiger partial charge < -0.3 is 15.8 Å². The Morgan fingerprint density at radius 3 is 2.68 bits per heavy atom. The van der Waals surface area contributed by atoms with Crippen LogP contribution < -0.4 is 15.8 Å². The molecule has 0 aliphatic heterocycles. The van der Waals surface area contributed by atoms with Crippen molar-refractivity contribution in [1.29, 1.82) is 0 Å². The highest BCUT2D eigenvalue weighted by molar-refractivity contribution is 5.92. The number of aryl methyl sites for hydroxylation is 1. The van der Waals surface area contributed by atoms with Gasteiger partial charge in [-0.2, -0.15) is 8.78 Å². The summed E-state index contributed by atoms with van der Waals surface area (Å²) >= 11 is 0. The Balaban J connectivity index is 1.67. The minimum atomic E-state index is -2.81. The van der Waals surface area contributed by atoms with Gasteiger partial charge in [-0.05, 0) is 60.2 Å². The molecule has 0 saturated heterocycles. The van der Waals surface area contributed by atoms with E-state index in [4.69, 9.17) is 5.73 Å². The number of hydrogen-bond acceptors (Lipinski definition) is 3. The molecule has 3 rings (SSSR count). The molecule has 0 radical (unpaired) electrons. The zero-order chi connectivity index (χ0) is 17.8. The first-order chi connectivity index (χ1) is 12.0. The minimum absolute atomic E-state index is 0.167. The van der Waals surface area contributed by atoms with Crippen molar-refractivity contribution in [3.63, 3.8) is 0 Å². The number of fused-ring (bicyclic) bond motifs is 1. The third kappa shape index (κ3) is 4.33. The molecule has 6 heteroatoms. The number of nitrogens with two attached hydrogens (primary N) is 1. The van der Waals surface area contributed by atoms with Crippen molar-refractivity contribution in [2.45, 2.75) is 38.5 Å². The Labute approximate surface area is 145 Å². The van der Waals surface area contributed by atoms with Crippen molar-refractivity contribution in [2.24, 2.45) is 5.73 Å². The van der Waals surface area contributed by atoms with Crippen LogP contribution in [0.4, 0.5) is 8.78 Å². The lowest BCUT2D eigenvalue weighted by molar-refractivity contribution is -0.0499. The second-order valence-electron chi connectivity index (χ2n) is 6.13. The molecular formula is C19H20F2N2O2. The van der Waals surface area contributed by atoms with E-state index >= 15 is 0 Å². The maximum Gasteiger partial charge on any atom is 0.387 e. The summed E-state index contributed by atoms with van der Waals surface area (Å²) in [6.07, 6.45) is 2.84. The normalized spacial score (nSPS) is 16.5. The van der Waals surface area contributed by atoms with Crippen LogP contribution in [-0.4, -0.2) is 12.5 Å². The summed E-state index contributed by atoms with van der Waals surface area (Å²) in [4.78, 5) is 11.1. The van der Waals surface area contributed by atoms with Crippen LogP contribution in [0.25, 0.3) is 0 Å². The third-order valence-corrected chi connectivity index (χ3v) is 4.44. The molecule has 1 amide bonds. The van der Waals surface area contributed by atoms with E-state index in [0.717, 1.165) is 36.0 Å². The van der Waals surface area contributed by atoms with Crippen molar-refractivity contribution in [1.82, 2.24) is 5.32 Å². The number of rotatable bonds is 6. The summed E-state index contributed by atoms with van der Waals surface area (Å²) < 4.78 is 29.2. The molecule has 132 valence electrons. The maximum absolute atomic E-state index is 12.4. The van der Waals surface area contributed by atoms with Gasteiger partial charge >= 0.3 is 6.61 Å². The molecule has 0 bridgehead atoms. The summed E-state index contributed by atoms with van der Waals surface area (Å²) in [7, 11) is 0. The quantitative estimate of drug-likeness (QED) is 0.841. The molecule has 1 unspecified atom stereocenters. The van der Waals surface area contributed by atoms with Crippen molar-refractivity contribution in [3.05, 3.63) is 64.7 Å². The smallest absolute Gasteiger partial charge is 0.387 e. The second kappa shape index (κ2) is 7.61. The predicted octanol–water partition coefficient (Wildman–Crippen LogP) is 3.55. The van der Waals surface area contributed by atoms with Crippen LogP contribution in [0.3, 0.4) is 0 Å². The molecule has 0 heterocycles. The van der Waals surface area contributed by atoms with Gasteiger partial charge in [0.05, 0.1) is 0 Å². The van der Waals surface area contributed by atoms with Crippen molar-refractivity contribution >= 4 is 5.91 Å². The van der Waals surface area contributed by atoms with Gasteiger partial charge in [0.15, 0.2) is 0 Å². The fourth-order valence-electron chi connectivity index (χ4n) is 3.21. The van der Waals surface area contributed by atoms with E-state index < -0.39 is 12.5 Å². The van der Waals surface area contributed by atoms with Crippen molar-refractivity contribution < 1.29 is 18.3 Å². The van der Waals surface area contributed by atoms with E-state index in [9.17, 15) is 13.6 Å². The molecule has 0 fully saturated rings. The highest BCUT2D eigenvalue weighted by Crippen LogP contribution is 2.32. The molecule has 25 heavy (non-hydrogen) atoms. The van der Waals surface area contributed by atoms with Crippen LogP contribution >= 0.6 is 0 Å². The summed E-state index contributed by atoms with van der Waals surface area (Å²) in [6.45, 7) is -2.16. The van der Waals surface area contributed by atoms with Gasteiger partial charge in [-0.15, -0.1) is 0 Å². The number of primary amides is 1. The monoisotopic (exact) mass is 346 g/mol. The molecule has 1 atom stereocenters. The Morgan fingerprint density at radius 2 is 2.00 bits per heavy atom. The van der Waals surface area contributed by atoms with Gasteiger partial charge in [-0.25, -0.2) is 0 Å². The van der Waals surface area contributed by atoms with Crippen LogP contribution in [0, 0.1) is 0 Å². The average molecular weight is 346 g/mol. The highest BCUT2D eigenvalue weighted by Gasteiger charge is 2.20. The van der Waals surface area contributed by atoms with E-state index in [1.165, 1.54) is 0 Å². The number of carbonyl (C=O) groups excluding carboxylic acids is 1. The minimum Gasteiger partial charge on any atom is -0.435 e. The first-order valence-corrected chi connectivity index (χ1v) is 8.22.